The molecule has 5 nitrogen and oxygen atoms in total. The van der Waals surface area contributed by atoms with Gasteiger partial charge in [-0.2, -0.15) is 0 Å². The lowest BCUT2D eigenvalue weighted by Gasteiger charge is -2.11. The van der Waals surface area contributed by atoms with Crippen molar-refractivity contribution in [1.29, 1.82) is 0 Å². The topological polar surface area (TPSA) is 62.7 Å². The number of carbonyl (C=O) groups excluding carboxylic acids is 1. The molecule has 0 amide bonds. The number of unbranched alkanes of at least 4 members (excludes halogenated alkanes) is 1. The van der Waals surface area contributed by atoms with Crippen molar-refractivity contribution in [3.63, 3.8) is 0 Å². The molecule has 1 aromatic carbocycles. The second-order valence-corrected chi connectivity index (χ2v) is 4.89. The summed E-state index contributed by atoms with van der Waals surface area (Å²) >= 11 is 0. The van der Waals surface area contributed by atoms with E-state index >= 15 is 0 Å². The van der Waals surface area contributed by atoms with Crippen LogP contribution in [0, 0.1) is 11.6 Å². The fourth-order valence-corrected chi connectivity index (χ4v) is 1.87. The van der Waals surface area contributed by atoms with Crippen LogP contribution >= 0.6 is 0 Å². The molecule has 128 valence electrons. The molecule has 0 fully saturated rings. The van der Waals surface area contributed by atoms with Gasteiger partial charge < -0.3 is 15.4 Å². The summed E-state index contributed by atoms with van der Waals surface area (Å²) in [5.41, 5.74) is 0.202. The van der Waals surface area contributed by atoms with E-state index in [4.69, 9.17) is 0 Å². The molecular weight excluding hydrogens is 304 g/mol. The highest BCUT2D eigenvalue weighted by Gasteiger charge is 2.04. The number of nitrogens with zero attached hydrogens (tertiary/aromatic N) is 1. The number of aliphatic imine (C=N–C) groups is 1. The summed E-state index contributed by atoms with van der Waals surface area (Å²) < 4.78 is 31.2. The molecule has 0 unspecified atom stereocenters. The van der Waals surface area contributed by atoms with Crippen LogP contribution in [0.5, 0.6) is 0 Å². The number of rotatable bonds is 8. The molecule has 2 N–H and O–H groups in total. The Morgan fingerprint density at radius 3 is 2.74 bits per heavy atom. The first-order valence-electron chi connectivity index (χ1n) is 7.59. The number of hydrogen-bond donors (Lipinski definition) is 2. The summed E-state index contributed by atoms with van der Waals surface area (Å²) in [5, 5.41) is 6.12. The van der Waals surface area contributed by atoms with Gasteiger partial charge in [-0.1, -0.05) is 0 Å². The number of methoxy groups -OCH3 is 1. The smallest absolute Gasteiger partial charge is 0.305 e. The van der Waals surface area contributed by atoms with Crippen LogP contribution in [0.25, 0.3) is 0 Å². The van der Waals surface area contributed by atoms with E-state index in [0.717, 1.165) is 24.6 Å². The number of esters is 1. The number of carbonyl (C=O) groups is 1. The number of guanidine groups is 1. The number of benzene rings is 1. The Morgan fingerprint density at radius 1 is 1.26 bits per heavy atom. The van der Waals surface area contributed by atoms with Crippen molar-refractivity contribution >= 4 is 11.9 Å². The minimum absolute atomic E-state index is 0.0427. The van der Waals surface area contributed by atoms with Gasteiger partial charge in [0, 0.05) is 25.1 Å². The molecule has 1 aromatic rings. The fraction of sp³-hybridized carbons (Fsp3) is 0.500. The Morgan fingerprint density at radius 2 is 2.04 bits per heavy atom. The van der Waals surface area contributed by atoms with E-state index in [0.29, 0.717) is 31.9 Å². The molecular formula is C16H23F2N3O2. The van der Waals surface area contributed by atoms with Crippen LogP contribution in [0.4, 0.5) is 8.78 Å². The Labute approximate surface area is 135 Å². The van der Waals surface area contributed by atoms with Crippen LogP contribution in [0.2, 0.25) is 0 Å². The zero-order valence-electron chi connectivity index (χ0n) is 13.5. The standard InChI is InChI=1S/C16H23F2N3O2/c1-3-19-16(20-9-5-4-6-15(22)23-2)21-11-12-10-13(17)7-8-14(12)18/h7-8,10H,3-6,9,11H2,1-2H3,(H2,19,20,21). The zero-order chi connectivity index (χ0) is 17.1. The van der Waals surface area contributed by atoms with Crippen molar-refractivity contribution in [3.05, 3.63) is 35.4 Å². The van der Waals surface area contributed by atoms with Crippen molar-refractivity contribution in [3.8, 4) is 0 Å². The highest BCUT2D eigenvalue weighted by Crippen LogP contribution is 2.10. The third-order valence-corrected chi connectivity index (χ3v) is 3.09. The molecule has 0 spiro atoms. The highest BCUT2D eigenvalue weighted by atomic mass is 19.1. The van der Waals surface area contributed by atoms with Crippen molar-refractivity contribution in [2.75, 3.05) is 20.2 Å². The number of halogens is 2. The van der Waals surface area contributed by atoms with Gasteiger partial charge in [0.2, 0.25) is 0 Å². The SMILES string of the molecule is CCNC(=NCc1cc(F)ccc1F)NCCCCC(=O)OC. The highest BCUT2D eigenvalue weighted by molar-refractivity contribution is 5.79. The number of nitrogens with one attached hydrogen (secondary N) is 2. The van der Waals surface area contributed by atoms with E-state index < -0.39 is 11.6 Å². The lowest BCUT2D eigenvalue weighted by atomic mass is 10.2. The van der Waals surface area contributed by atoms with E-state index in [1.54, 1.807) is 0 Å². The van der Waals surface area contributed by atoms with E-state index in [2.05, 4.69) is 20.4 Å². The van der Waals surface area contributed by atoms with Crippen molar-refractivity contribution in [1.82, 2.24) is 10.6 Å². The molecule has 7 heteroatoms. The van der Waals surface area contributed by atoms with E-state index in [-0.39, 0.29) is 18.1 Å². The first-order chi connectivity index (χ1) is 11.1. The van der Waals surface area contributed by atoms with Gasteiger partial charge >= 0.3 is 5.97 Å². The van der Waals surface area contributed by atoms with Gasteiger partial charge in [0.05, 0.1) is 13.7 Å². The van der Waals surface area contributed by atoms with Crippen molar-refractivity contribution in [2.45, 2.75) is 32.7 Å². The lowest BCUT2D eigenvalue weighted by Crippen LogP contribution is -2.37. The van der Waals surface area contributed by atoms with Crippen LogP contribution in [0.3, 0.4) is 0 Å². The summed E-state index contributed by atoms with van der Waals surface area (Å²) in [6.45, 7) is 3.23. The average molecular weight is 327 g/mol. The Bertz CT molecular complexity index is 536. The van der Waals surface area contributed by atoms with Gasteiger partial charge in [-0.15, -0.1) is 0 Å². The molecule has 0 atom stereocenters. The molecule has 0 aliphatic rings. The molecule has 1 rings (SSSR count). The minimum atomic E-state index is -0.489. The molecule has 0 radical (unpaired) electrons. The van der Waals surface area contributed by atoms with E-state index in [1.807, 2.05) is 6.92 Å². The largest absolute Gasteiger partial charge is 0.469 e. The Hall–Kier alpha value is -2.18. The predicted molar refractivity (Wildman–Crippen MR) is 85.0 cm³/mol. The Balaban J connectivity index is 2.47. The molecule has 23 heavy (non-hydrogen) atoms. The second kappa shape index (κ2) is 10.5. The lowest BCUT2D eigenvalue weighted by molar-refractivity contribution is -0.140. The molecule has 0 aromatic heterocycles. The van der Waals surface area contributed by atoms with Gasteiger partial charge in [0.25, 0.3) is 0 Å². The first kappa shape index (κ1) is 18.9. The van der Waals surface area contributed by atoms with Crippen molar-refractivity contribution in [2.24, 2.45) is 4.99 Å². The predicted octanol–water partition coefficient (Wildman–Crippen LogP) is 2.36. The maximum absolute atomic E-state index is 13.5. The third kappa shape index (κ3) is 7.58. The van der Waals surface area contributed by atoms with Crippen LogP contribution in [-0.2, 0) is 16.1 Å². The molecule has 0 aliphatic heterocycles. The summed E-state index contributed by atoms with van der Waals surface area (Å²) in [5.74, 6) is -0.678. The maximum atomic E-state index is 13.5. The minimum Gasteiger partial charge on any atom is -0.469 e. The fourth-order valence-electron chi connectivity index (χ4n) is 1.87. The zero-order valence-corrected chi connectivity index (χ0v) is 13.5. The monoisotopic (exact) mass is 327 g/mol. The molecule has 0 bridgehead atoms. The Kier molecular flexibility index (Phi) is 8.64. The second-order valence-electron chi connectivity index (χ2n) is 4.89. The summed E-state index contributed by atoms with van der Waals surface area (Å²) in [6, 6.07) is 3.30. The number of hydrogen-bond acceptors (Lipinski definition) is 3. The first-order valence-corrected chi connectivity index (χ1v) is 7.59. The molecule has 0 heterocycles. The van der Waals surface area contributed by atoms with Crippen LogP contribution in [-0.4, -0.2) is 32.1 Å². The van der Waals surface area contributed by atoms with Gasteiger partial charge in [-0.3, -0.25) is 4.79 Å². The maximum Gasteiger partial charge on any atom is 0.305 e. The number of ether oxygens (including phenoxy) is 1. The van der Waals surface area contributed by atoms with Gasteiger partial charge in [0.1, 0.15) is 11.6 Å². The van der Waals surface area contributed by atoms with Gasteiger partial charge in [-0.25, -0.2) is 13.8 Å². The van der Waals surface area contributed by atoms with Crippen LogP contribution in [0.1, 0.15) is 31.7 Å². The summed E-state index contributed by atoms with van der Waals surface area (Å²) in [6.07, 6.45) is 1.85. The quantitative estimate of drug-likeness (QED) is 0.333. The van der Waals surface area contributed by atoms with Gasteiger partial charge in [0.15, 0.2) is 5.96 Å². The van der Waals surface area contributed by atoms with Crippen LogP contribution in [0.15, 0.2) is 23.2 Å². The van der Waals surface area contributed by atoms with Gasteiger partial charge in [-0.05, 0) is 38.0 Å². The van der Waals surface area contributed by atoms with E-state index in [1.165, 1.54) is 7.11 Å². The summed E-state index contributed by atoms with van der Waals surface area (Å²) in [4.78, 5) is 15.2. The molecule has 0 saturated carbocycles. The van der Waals surface area contributed by atoms with Crippen LogP contribution < -0.4 is 10.6 Å². The third-order valence-electron chi connectivity index (χ3n) is 3.09. The van der Waals surface area contributed by atoms with E-state index in [9.17, 15) is 13.6 Å². The average Bonchev–Trinajstić information content (AvgIpc) is 2.54. The molecule has 0 saturated heterocycles. The summed E-state index contributed by atoms with van der Waals surface area (Å²) in [7, 11) is 1.36. The molecule has 0 aliphatic carbocycles. The normalized spacial score (nSPS) is 11.2. The van der Waals surface area contributed by atoms with Crippen molar-refractivity contribution < 1.29 is 18.3 Å².